The summed E-state index contributed by atoms with van der Waals surface area (Å²) in [6.45, 7) is 1.32. The van der Waals surface area contributed by atoms with Crippen molar-refractivity contribution in [1.29, 1.82) is 0 Å². The molecule has 11 heavy (non-hydrogen) atoms. The smallest absolute Gasteiger partial charge is 0.200 e. The minimum Gasteiger partial charge on any atom is -0.200 e. The Kier molecular flexibility index (Phi) is 1.66. The molecule has 2 saturated heterocycles. The van der Waals surface area contributed by atoms with Crippen molar-refractivity contribution in [2.75, 3.05) is 13.1 Å². The Morgan fingerprint density at radius 1 is 1.36 bits per heavy atom. The van der Waals surface area contributed by atoms with Gasteiger partial charge in [-0.2, -0.15) is 12.7 Å². The summed E-state index contributed by atoms with van der Waals surface area (Å²) in [6, 6.07) is 0.244. The summed E-state index contributed by atoms with van der Waals surface area (Å²) in [4.78, 5) is 0. The van der Waals surface area contributed by atoms with E-state index in [1.807, 2.05) is 0 Å². The van der Waals surface area contributed by atoms with Crippen molar-refractivity contribution >= 4 is 10.2 Å². The molecule has 0 bridgehead atoms. The molecule has 2 fully saturated rings. The highest BCUT2D eigenvalue weighted by molar-refractivity contribution is 7.87. The Morgan fingerprint density at radius 2 is 2.18 bits per heavy atom. The summed E-state index contributed by atoms with van der Waals surface area (Å²) in [6.07, 6.45) is 3.20. The van der Waals surface area contributed by atoms with Crippen LogP contribution in [-0.4, -0.2) is 31.9 Å². The predicted octanol–water partition coefficient (Wildman–Crippen LogP) is -0.311. The monoisotopic (exact) mass is 176 g/mol. The largest absolute Gasteiger partial charge is 0.279 e. The Balaban J connectivity index is 2.23. The van der Waals surface area contributed by atoms with Crippen LogP contribution in [0, 0.1) is 0 Å². The summed E-state index contributed by atoms with van der Waals surface area (Å²) >= 11 is 0. The van der Waals surface area contributed by atoms with E-state index in [9.17, 15) is 8.42 Å². The SMILES string of the molecule is O=S1(=O)NC[C@H]2CCCCN21. The van der Waals surface area contributed by atoms with Gasteiger partial charge in [-0.25, -0.2) is 4.72 Å². The van der Waals surface area contributed by atoms with Crippen LogP contribution in [0.15, 0.2) is 0 Å². The number of hydrogen-bond donors (Lipinski definition) is 1. The van der Waals surface area contributed by atoms with Gasteiger partial charge in [-0.3, -0.25) is 0 Å². The number of nitrogens with one attached hydrogen (secondary N) is 1. The van der Waals surface area contributed by atoms with E-state index in [4.69, 9.17) is 0 Å². The summed E-state index contributed by atoms with van der Waals surface area (Å²) in [7, 11) is -3.06. The molecule has 2 rings (SSSR count). The summed E-state index contributed by atoms with van der Waals surface area (Å²) in [5, 5.41) is 0. The lowest BCUT2D eigenvalue weighted by atomic mass is 10.1. The maximum Gasteiger partial charge on any atom is 0.279 e. The van der Waals surface area contributed by atoms with E-state index in [1.165, 1.54) is 6.42 Å². The van der Waals surface area contributed by atoms with Crippen LogP contribution in [0.1, 0.15) is 19.3 Å². The molecule has 0 aromatic heterocycles. The lowest BCUT2D eigenvalue weighted by molar-refractivity contribution is 0.281. The molecule has 0 amide bonds. The molecule has 2 aliphatic heterocycles. The normalized spacial score (nSPS) is 36.9. The van der Waals surface area contributed by atoms with Crippen LogP contribution in [0.5, 0.6) is 0 Å². The molecule has 2 aliphatic rings. The zero-order valence-corrected chi connectivity index (χ0v) is 7.10. The predicted molar refractivity (Wildman–Crippen MR) is 41.3 cm³/mol. The third kappa shape index (κ3) is 1.17. The second-order valence-electron chi connectivity index (χ2n) is 3.11. The van der Waals surface area contributed by atoms with Gasteiger partial charge in [0.1, 0.15) is 0 Å². The zero-order chi connectivity index (χ0) is 7.90. The van der Waals surface area contributed by atoms with Crippen LogP contribution in [0.4, 0.5) is 0 Å². The lowest BCUT2D eigenvalue weighted by Crippen LogP contribution is -2.38. The van der Waals surface area contributed by atoms with E-state index in [-0.39, 0.29) is 6.04 Å². The number of fused-ring (bicyclic) bond motifs is 1. The van der Waals surface area contributed by atoms with Gasteiger partial charge in [-0.1, -0.05) is 6.42 Å². The maximum atomic E-state index is 11.2. The van der Waals surface area contributed by atoms with Gasteiger partial charge >= 0.3 is 0 Å². The first-order valence-corrected chi connectivity index (χ1v) is 5.40. The molecule has 0 saturated carbocycles. The first kappa shape index (κ1) is 7.52. The number of piperidine rings is 1. The molecule has 64 valence electrons. The molecule has 1 atom stereocenters. The van der Waals surface area contributed by atoms with Gasteiger partial charge in [0.05, 0.1) is 0 Å². The Bertz CT molecular complexity index is 249. The molecule has 4 nitrogen and oxygen atoms in total. The van der Waals surface area contributed by atoms with Gasteiger partial charge in [0.2, 0.25) is 0 Å². The van der Waals surface area contributed by atoms with E-state index in [0.29, 0.717) is 13.1 Å². The number of hydrogen-bond acceptors (Lipinski definition) is 2. The highest BCUT2D eigenvalue weighted by Crippen LogP contribution is 2.23. The lowest BCUT2D eigenvalue weighted by Gasteiger charge is -2.25. The molecular formula is C6H12N2O2S. The van der Waals surface area contributed by atoms with Gasteiger partial charge in [0.25, 0.3) is 10.2 Å². The first-order chi connectivity index (χ1) is 5.20. The highest BCUT2D eigenvalue weighted by atomic mass is 32.2. The number of nitrogens with zero attached hydrogens (tertiary/aromatic N) is 1. The minimum absolute atomic E-state index is 0.244. The average Bonchev–Trinajstić information content (AvgIpc) is 2.29. The molecule has 5 heteroatoms. The van der Waals surface area contributed by atoms with Crippen molar-refractivity contribution < 1.29 is 8.42 Å². The van der Waals surface area contributed by atoms with E-state index >= 15 is 0 Å². The van der Waals surface area contributed by atoms with Crippen molar-refractivity contribution in [3.05, 3.63) is 0 Å². The van der Waals surface area contributed by atoms with Crippen LogP contribution in [0.3, 0.4) is 0 Å². The molecule has 0 aliphatic carbocycles. The molecule has 0 radical (unpaired) electrons. The molecule has 0 aromatic carbocycles. The summed E-state index contributed by atoms with van der Waals surface area (Å²) < 4.78 is 26.6. The third-order valence-corrected chi connectivity index (χ3v) is 4.01. The van der Waals surface area contributed by atoms with Gasteiger partial charge in [0, 0.05) is 19.1 Å². The van der Waals surface area contributed by atoms with Crippen molar-refractivity contribution in [1.82, 2.24) is 9.03 Å². The van der Waals surface area contributed by atoms with Crippen LogP contribution in [0.2, 0.25) is 0 Å². The first-order valence-electron chi connectivity index (χ1n) is 3.96. The van der Waals surface area contributed by atoms with E-state index in [0.717, 1.165) is 12.8 Å². The number of rotatable bonds is 0. The second-order valence-corrected chi connectivity index (χ2v) is 4.82. The third-order valence-electron chi connectivity index (χ3n) is 2.38. The molecule has 2 heterocycles. The zero-order valence-electron chi connectivity index (χ0n) is 6.28. The van der Waals surface area contributed by atoms with Gasteiger partial charge < -0.3 is 0 Å². The molecule has 1 N–H and O–H groups in total. The maximum absolute atomic E-state index is 11.2. The molecule has 0 spiro atoms. The topological polar surface area (TPSA) is 49.4 Å². The van der Waals surface area contributed by atoms with Crippen molar-refractivity contribution in [3.63, 3.8) is 0 Å². The quantitative estimate of drug-likeness (QED) is 0.550. The Labute approximate surface area is 66.8 Å². The fraction of sp³-hybridized carbons (Fsp3) is 1.00. The molecule has 0 aromatic rings. The van der Waals surface area contributed by atoms with Gasteiger partial charge in [-0.15, -0.1) is 0 Å². The van der Waals surface area contributed by atoms with Crippen LogP contribution >= 0.6 is 0 Å². The van der Waals surface area contributed by atoms with E-state index in [1.54, 1.807) is 4.31 Å². The fourth-order valence-corrected chi connectivity index (χ4v) is 3.29. The summed E-state index contributed by atoms with van der Waals surface area (Å²) in [5.41, 5.74) is 0. The molecule has 0 unspecified atom stereocenters. The Morgan fingerprint density at radius 3 is 2.91 bits per heavy atom. The van der Waals surface area contributed by atoms with Gasteiger partial charge in [0.15, 0.2) is 0 Å². The minimum atomic E-state index is -3.06. The van der Waals surface area contributed by atoms with Crippen molar-refractivity contribution in [2.24, 2.45) is 0 Å². The van der Waals surface area contributed by atoms with Crippen LogP contribution < -0.4 is 4.72 Å². The standard InChI is InChI=1S/C6H12N2O2S/c9-11(10)7-5-6-3-1-2-4-8(6)11/h6-7H,1-5H2/t6-/m1/s1. The average molecular weight is 176 g/mol. The highest BCUT2D eigenvalue weighted by Gasteiger charge is 2.37. The fourth-order valence-electron chi connectivity index (χ4n) is 1.78. The van der Waals surface area contributed by atoms with Gasteiger partial charge in [-0.05, 0) is 12.8 Å². The molecular weight excluding hydrogens is 164 g/mol. The van der Waals surface area contributed by atoms with Crippen LogP contribution in [-0.2, 0) is 10.2 Å². The van der Waals surface area contributed by atoms with Crippen molar-refractivity contribution in [2.45, 2.75) is 25.3 Å². The Hall–Kier alpha value is -0.130. The van der Waals surface area contributed by atoms with E-state index < -0.39 is 10.2 Å². The van der Waals surface area contributed by atoms with E-state index in [2.05, 4.69) is 4.72 Å². The summed E-state index contributed by atoms with van der Waals surface area (Å²) in [5.74, 6) is 0. The van der Waals surface area contributed by atoms with Crippen LogP contribution in [0.25, 0.3) is 0 Å². The van der Waals surface area contributed by atoms with Crippen molar-refractivity contribution in [3.8, 4) is 0 Å². The second kappa shape index (κ2) is 2.43.